The second-order valence-electron chi connectivity index (χ2n) is 20.2. The van der Waals surface area contributed by atoms with Crippen LogP contribution in [0, 0.1) is 0 Å². The number of ether oxygens (including phenoxy) is 4. The summed E-state index contributed by atoms with van der Waals surface area (Å²) in [4.78, 5) is 0. The average Bonchev–Trinajstić information content (AvgIpc) is 3.14. The molecule has 0 aromatic carbocycles. The predicted molar refractivity (Wildman–Crippen MR) is 235 cm³/mol. The molecule has 5 N–H and O–H groups in total. The van der Waals surface area contributed by atoms with Crippen molar-refractivity contribution in [2.24, 2.45) is 0 Å². The quantitative estimate of drug-likeness (QED) is 0.0259. The molecule has 2 saturated heterocycles. The first-order chi connectivity index (χ1) is 27.8. The molecule has 2 rings (SSSR count). The summed E-state index contributed by atoms with van der Waals surface area (Å²) in [5.74, 6) is 0.227. The minimum absolute atomic E-state index is 0. The summed E-state index contributed by atoms with van der Waals surface area (Å²) in [5.41, 5.74) is 0. The summed E-state index contributed by atoms with van der Waals surface area (Å²) >= 11 is 1.45. The van der Waals surface area contributed by atoms with E-state index in [0.717, 1.165) is 12.0 Å². The Kier molecular flexibility index (Phi) is 32.1. The predicted octanol–water partition coefficient (Wildman–Crippen LogP) is -2.00. The van der Waals surface area contributed by atoms with Gasteiger partial charge in [0.25, 0.3) is 0 Å². The zero-order chi connectivity index (χ0) is 47.4. The van der Waals surface area contributed by atoms with Crippen molar-refractivity contribution in [3.05, 3.63) is 0 Å². The van der Waals surface area contributed by atoms with Crippen LogP contribution in [-0.4, -0.2) is 149 Å². The summed E-state index contributed by atoms with van der Waals surface area (Å²) in [7, 11) is -7.08. The van der Waals surface area contributed by atoms with Crippen LogP contribution in [-0.2, 0) is 51.0 Å². The molecule has 366 valence electrons. The molecular formula is C38H80Na2O18S2Si3. The molecule has 0 amide bonds. The SMILES string of the molecule is CCC(O)COC1OC(CSOO[O-])C(O)C(O)C1O.CCC(O)COC1OC(CSOO[O-])C(O[Si](C)(C)C(C)(C)C)C(O[Si](C)(C)C(C)(C)C)C1O[Si](C)(C)C(C)(C)C.[Na+].[Na+]. The van der Waals surface area contributed by atoms with E-state index in [1.54, 1.807) is 6.92 Å². The second kappa shape index (κ2) is 29.8. The van der Waals surface area contributed by atoms with Crippen molar-refractivity contribution in [3.8, 4) is 0 Å². The van der Waals surface area contributed by atoms with Gasteiger partial charge in [-0.1, -0.05) is 76.2 Å². The van der Waals surface area contributed by atoms with E-state index >= 15 is 0 Å². The fourth-order valence-electron chi connectivity index (χ4n) is 5.17. The number of rotatable bonds is 22. The first kappa shape index (κ1) is 67.7. The molecule has 63 heavy (non-hydrogen) atoms. The number of aliphatic hydroxyl groups excluding tert-OH is 5. The molecule has 18 nitrogen and oxygen atoms in total. The Labute approximate surface area is 433 Å². The van der Waals surface area contributed by atoms with Crippen molar-refractivity contribution in [2.75, 3.05) is 24.7 Å². The molecule has 2 heterocycles. The molecule has 0 aliphatic carbocycles. The van der Waals surface area contributed by atoms with E-state index in [-0.39, 0.29) is 98.9 Å². The minimum Gasteiger partial charge on any atom is -0.691 e. The molecular weight excluding hydrogens is 939 g/mol. The van der Waals surface area contributed by atoms with Crippen LogP contribution in [0.2, 0.25) is 54.4 Å². The van der Waals surface area contributed by atoms with Crippen LogP contribution in [0.25, 0.3) is 0 Å². The van der Waals surface area contributed by atoms with Gasteiger partial charge in [-0.2, -0.15) is 8.67 Å². The second-order valence-corrected chi connectivity index (χ2v) is 35.9. The zero-order valence-electron chi connectivity index (χ0n) is 41.5. The Hall–Kier alpha value is 2.63. The van der Waals surface area contributed by atoms with Gasteiger partial charge in [-0.25, -0.2) is 0 Å². The minimum atomic E-state index is -2.37. The monoisotopic (exact) mass is 1020 g/mol. The Balaban J connectivity index is 0. The Morgan fingerprint density at radius 2 is 0.889 bits per heavy atom. The summed E-state index contributed by atoms with van der Waals surface area (Å²) in [6.07, 6.45) is -9.79. The molecule has 0 saturated carbocycles. The van der Waals surface area contributed by atoms with Crippen LogP contribution in [0.15, 0.2) is 0 Å². The largest absolute Gasteiger partial charge is 1.00 e. The van der Waals surface area contributed by atoms with Gasteiger partial charge in [-0.05, 0) is 67.2 Å². The Morgan fingerprint density at radius 3 is 1.27 bits per heavy atom. The maximum Gasteiger partial charge on any atom is 1.00 e. The summed E-state index contributed by atoms with van der Waals surface area (Å²) in [6, 6.07) is 0. The molecule has 0 bridgehead atoms. The van der Waals surface area contributed by atoms with Crippen molar-refractivity contribution in [3.63, 3.8) is 0 Å². The zero-order valence-corrected chi connectivity index (χ0v) is 50.2. The molecule has 2 aliphatic heterocycles. The van der Waals surface area contributed by atoms with Crippen LogP contribution in [0.3, 0.4) is 0 Å². The molecule has 12 unspecified atom stereocenters. The molecule has 0 spiro atoms. The number of aliphatic hydroxyl groups is 5. The first-order valence-corrected chi connectivity index (χ1v) is 31.5. The van der Waals surface area contributed by atoms with Gasteiger partial charge in [0.15, 0.2) is 37.5 Å². The third kappa shape index (κ3) is 21.5. The van der Waals surface area contributed by atoms with Crippen molar-refractivity contribution in [1.82, 2.24) is 0 Å². The van der Waals surface area contributed by atoms with Gasteiger partial charge in [0, 0.05) is 24.1 Å². The van der Waals surface area contributed by atoms with Crippen LogP contribution < -0.4 is 69.6 Å². The van der Waals surface area contributed by atoms with Crippen molar-refractivity contribution >= 4 is 49.0 Å². The normalized spacial score (nSPS) is 28.6. The van der Waals surface area contributed by atoms with E-state index in [1.807, 2.05) is 6.92 Å². The van der Waals surface area contributed by atoms with Gasteiger partial charge in [0.2, 0.25) is 0 Å². The molecule has 0 aromatic heterocycles. The van der Waals surface area contributed by atoms with E-state index in [9.17, 15) is 36.0 Å². The third-order valence-electron chi connectivity index (χ3n) is 12.4. The summed E-state index contributed by atoms with van der Waals surface area (Å²) in [6.45, 7) is 36.8. The summed E-state index contributed by atoms with van der Waals surface area (Å²) in [5, 5.41) is 75.8. The van der Waals surface area contributed by atoms with Crippen molar-refractivity contribution in [2.45, 2.75) is 217 Å². The van der Waals surface area contributed by atoms with E-state index in [2.05, 4.69) is 120 Å². The van der Waals surface area contributed by atoms with Crippen molar-refractivity contribution in [1.29, 1.82) is 0 Å². The third-order valence-corrected chi connectivity index (χ3v) is 27.1. The topological polar surface area (TPSA) is 249 Å². The van der Waals surface area contributed by atoms with Crippen LogP contribution in [0.1, 0.15) is 89.0 Å². The van der Waals surface area contributed by atoms with Gasteiger partial charge < -0.3 is 68.3 Å². The maximum atomic E-state index is 10.7. The molecule has 0 radical (unpaired) electrons. The van der Waals surface area contributed by atoms with E-state index in [0.29, 0.717) is 24.9 Å². The van der Waals surface area contributed by atoms with Gasteiger partial charge in [-0.15, -0.1) is 0 Å². The van der Waals surface area contributed by atoms with E-state index in [4.69, 9.17) is 32.2 Å². The van der Waals surface area contributed by atoms with E-state index in [1.165, 1.54) is 0 Å². The Morgan fingerprint density at radius 1 is 0.540 bits per heavy atom. The molecule has 0 aromatic rings. The van der Waals surface area contributed by atoms with Crippen molar-refractivity contribution < 1.29 is 146 Å². The van der Waals surface area contributed by atoms with Crippen LogP contribution in [0.5, 0.6) is 0 Å². The maximum absolute atomic E-state index is 10.7. The fraction of sp³-hybridized carbons (Fsp3) is 1.00. The van der Waals surface area contributed by atoms with E-state index < -0.39 is 98.6 Å². The smallest absolute Gasteiger partial charge is 0.691 e. The average molecular weight is 1020 g/mol. The fourth-order valence-corrected chi connectivity index (χ4v) is 10.1. The van der Waals surface area contributed by atoms with Crippen LogP contribution in [0.4, 0.5) is 0 Å². The summed E-state index contributed by atoms with van der Waals surface area (Å²) < 4.78 is 53.6. The molecule has 2 aliphatic rings. The molecule has 12 atom stereocenters. The van der Waals surface area contributed by atoms with Gasteiger partial charge in [0.1, 0.15) is 36.6 Å². The van der Waals surface area contributed by atoms with Crippen LogP contribution >= 0.6 is 24.1 Å². The number of hydrogen-bond donors (Lipinski definition) is 5. The molecule has 2 fully saturated rings. The van der Waals surface area contributed by atoms with Gasteiger partial charge >= 0.3 is 59.1 Å². The standard InChI is InChI=1S/C28H62O9SSi3.C10H20O9S.2Na/c1-17-20(29)18-31-25-24(35-41(15,16)28(8,9)10)23(34-40(13,14)27(5,6)7)22(21(32-25)19-38-37-36-30)33-39(11,12)26(2,3)4;1-2-5(11)3-16-10-9(14)8(13)7(12)6(17-10)4-20-19-18-15;;/h20-25,29-30H,17-19H2,1-16H3;5-15H,2-4H2,1H3;;/q;;2*+1/p-2. The Bertz CT molecular complexity index is 1240. The number of hydrogen-bond acceptors (Lipinski definition) is 20. The molecule has 25 heteroatoms. The first-order valence-electron chi connectivity index (χ1n) is 21.0. The van der Waals surface area contributed by atoms with Gasteiger partial charge in [0.05, 0.1) is 49.1 Å². The van der Waals surface area contributed by atoms with Gasteiger partial charge in [-0.3, -0.25) is 10.1 Å².